The Kier molecular flexibility index (Phi) is 2.78. The maximum atomic E-state index is 10.1. The van der Waals surface area contributed by atoms with E-state index in [1.807, 2.05) is 0 Å². The van der Waals surface area contributed by atoms with Crippen LogP contribution < -0.4 is 4.74 Å². The van der Waals surface area contributed by atoms with Crippen LogP contribution in [0.15, 0.2) is 18.2 Å². The van der Waals surface area contributed by atoms with Gasteiger partial charge in [-0.15, -0.1) is 0 Å². The summed E-state index contributed by atoms with van der Waals surface area (Å²) in [4.78, 5) is 10.1. The Morgan fingerprint density at radius 2 is 2.00 bits per heavy atom. The van der Waals surface area contributed by atoms with Gasteiger partial charge in [-0.2, -0.15) is 0 Å². The summed E-state index contributed by atoms with van der Waals surface area (Å²) in [6.45, 7) is 0. The third kappa shape index (κ3) is 2.29. The maximum absolute atomic E-state index is 10.1. The fourth-order valence-corrected chi connectivity index (χ4v) is 0.929. The molecule has 5 heteroatoms. The predicted molar refractivity (Wildman–Crippen MR) is 45.1 cm³/mol. The monoisotopic (exact) mass is 206 g/mol. The second-order valence-corrected chi connectivity index (χ2v) is 2.76. The summed E-state index contributed by atoms with van der Waals surface area (Å²) in [6.07, 6.45) is -1.38. The number of carboxylic acid groups (broad SMARTS) is 1. The van der Waals surface area contributed by atoms with Gasteiger partial charge in [0.15, 0.2) is 0 Å². The van der Waals surface area contributed by atoms with Crippen LogP contribution in [0, 0.1) is 0 Å². The third-order valence-electron chi connectivity index (χ3n) is 1.10. The lowest BCUT2D eigenvalue weighted by Crippen LogP contribution is -2.02. The molecule has 1 aromatic carbocycles. The minimum atomic E-state index is -1.38. The van der Waals surface area contributed by atoms with Crippen LogP contribution >= 0.6 is 23.2 Å². The molecule has 3 nitrogen and oxygen atoms in total. The van der Waals surface area contributed by atoms with Crippen molar-refractivity contribution in [2.75, 3.05) is 0 Å². The van der Waals surface area contributed by atoms with Crippen LogP contribution in [0.3, 0.4) is 0 Å². The van der Waals surface area contributed by atoms with Gasteiger partial charge in [0.1, 0.15) is 5.75 Å². The molecule has 1 N–H and O–H groups in total. The SMILES string of the molecule is O=C(O)Oc1ccc(Cl)c(Cl)c1. The van der Waals surface area contributed by atoms with E-state index >= 15 is 0 Å². The summed E-state index contributed by atoms with van der Waals surface area (Å²) in [5.74, 6) is 0.150. The van der Waals surface area contributed by atoms with Gasteiger partial charge in [-0.3, -0.25) is 0 Å². The van der Waals surface area contributed by atoms with Gasteiger partial charge in [0.05, 0.1) is 10.0 Å². The van der Waals surface area contributed by atoms with Crippen molar-refractivity contribution in [3.63, 3.8) is 0 Å². The molecule has 0 radical (unpaired) electrons. The summed E-state index contributed by atoms with van der Waals surface area (Å²) in [5.41, 5.74) is 0. The highest BCUT2D eigenvalue weighted by molar-refractivity contribution is 6.42. The average molecular weight is 207 g/mol. The number of carbonyl (C=O) groups is 1. The largest absolute Gasteiger partial charge is 0.511 e. The molecule has 64 valence electrons. The minimum Gasteiger partial charge on any atom is -0.449 e. The van der Waals surface area contributed by atoms with Crippen molar-refractivity contribution in [3.8, 4) is 5.75 Å². The first-order valence-electron chi connectivity index (χ1n) is 2.95. The first kappa shape index (κ1) is 9.16. The fourth-order valence-electron chi connectivity index (χ4n) is 0.641. The molecule has 0 saturated carbocycles. The Labute approximate surface area is 78.5 Å². The van der Waals surface area contributed by atoms with E-state index in [9.17, 15) is 4.79 Å². The van der Waals surface area contributed by atoms with Crippen LogP contribution in [0.2, 0.25) is 10.0 Å². The molecule has 0 aliphatic carbocycles. The number of ether oxygens (including phenoxy) is 1. The Hall–Kier alpha value is -0.930. The standard InChI is InChI=1S/C7H4Cl2O3/c8-5-2-1-4(3-6(5)9)12-7(10)11/h1-3H,(H,10,11). The smallest absolute Gasteiger partial charge is 0.449 e. The lowest BCUT2D eigenvalue weighted by Gasteiger charge is -2.00. The van der Waals surface area contributed by atoms with Crippen molar-refractivity contribution in [2.24, 2.45) is 0 Å². The lowest BCUT2D eigenvalue weighted by molar-refractivity contribution is 0.144. The summed E-state index contributed by atoms with van der Waals surface area (Å²) >= 11 is 11.2. The summed E-state index contributed by atoms with van der Waals surface area (Å²) in [7, 11) is 0. The Balaban J connectivity index is 2.89. The van der Waals surface area contributed by atoms with Crippen LogP contribution in [0.25, 0.3) is 0 Å². The van der Waals surface area contributed by atoms with Crippen molar-refractivity contribution in [1.82, 2.24) is 0 Å². The van der Waals surface area contributed by atoms with Crippen LogP contribution in [0.5, 0.6) is 5.75 Å². The normalized spacial score (nSPS) is 9.50. The first-order chi connectivity index (χ1) is 5.59. The fraction of sp³-hybridized carbons (Fsp3) is 0. The molecule has 0 atom stereocenters. The molecule has 0 aliphatic rings. The van der Waals surface area contributed by atoms with Crippen molar-refractivity contribution < 1.29 is 14.6 Å². The zero-order valence-corrected chi connectivity index (χ0v) is 7.26. The van der Waals surface area contributed by atoms with E-state index in [1.54, 1.807) is 0 Å². The molecule has 0 aromatic heterocycles. The molecule has 12 heavy (non-hydrogen) atoms. The van der Waals surface area contributed by atoms with E-state index in [2.05, 4.69) is 4.74 Å². The van der Waals surface area contributed by atoms with Gasteiger partial charge in [0.2, 0.25) is 0 Å². The summed E-state index contributed by atoms with van der Waals surface area (Å²) < 4.78 is 4.32. The number of rotatable bonds is 1. The topological polar surface area (TPSA) is 46.5 Å². The van der Waals surface area contributed by atoms with E-state index in [4.69, 9.17) is 28.3 Å². The molecule has 0 unspecified atom stereocenters. The zero-order chi connectivity index (χ0) is 9.14. The van der Waals surface area contributed by atoms with Crippen LogP contribution in [-0.2, 0) is 0 Å². The molecule has 0 bridgehead atoms. The van der Waals surface area contributed by atoms with Crippen LogP contribution in [-0.4, -0.2) is 11.3 Å². The highest BCUT2D eigenvalue weighted by atomic mass is 35.5. The Morgan fingerprint density at radius 1 is 1.33 bits per heavy atom. The zero-order valence-electron chi connectivity index (χ0n) is 5.75. The highest BCUT2D eigenvalue weighted by Crippen LogP contribution is 2.26. The molecule has 1 rings (SSSR count). The van der Waals surface area contributed by atoms with E-state index in [1.165, 1.54) is 18.2 Å². The van der Waals surface area contributed by atoms with E-state index in [0.717, 1.165) is 0 Å². The van der Waals surface area contributed by atoms with Gasteiger partial charge < -0.3 is 9.84 Å². The molecular weight excluding hydrogens is 203 g/mol. The number of benzene rings is 1. The van der Waals surface area contributed by atoms with E-state index < -0.39 is 6.16 Å². The van der Waals surface area contributed by atoms with Gasteiger partial charge >= 0.3 is 6.16 Å². The quantitative estimate of drug-likeness (QED) is 0.568. The van der Waals surface area contributed by atoms with Gasteiger partial charge in [0, 0.05) is 6.07 Å². The molecule has 0 heterocycles. The maximum Gasteiger partial charge on any atom is 0.511 e. The van der Waals surface area contributed by atoms with Gasteiger partial charge in [-0.25, -0.2) is 4.79 Å². The molecule has 0 saturated heterocycles. The summed E-state index contributed by atoms with van der Waals surface area (Å²) in [5, 5.41) is 8.84. The second kappa shape index (κ2) is 3.65. The number of hydrogen-bond acceptors (Lipinski definition) is 2. The van der Waals surface area contributed by atoms with E-state index in [-0.39, 0.29) is 10.8 Å². The number of halogens is 2. The van der Waals surface area contributed by atoms with Crippen LogP contribution in [0.1, 0.15) is 0 Å². The van der Waals surface area contributed by atoms with Crippen molar-refractivity contribution in [3.05, 3.63) is 28.2 Å². The van der Waals surface area contributed by atoms with E-state index in [0.29, 0.717) is 5.02 Å². The summed E-state index contributed by atoms with van der Waals surface area (Å²) in [6, 6.07) is 4.21. The third-order valence-corrected chi connectivity index (χ3v) is 1.84. The predicted octanol–water partition coefficient (Wildman–Crippen LogP) is 3.05. The highest BCUT2D eigenvalue weighted by Gasteiger charge is 2.03. The Morgan fingerprint density at radius 3 is 2.50 bits per heavy atom. The molecule has 0 aliphatic heterocycles. The van der Waals surface area contributed by atoms with Crippen molar-refractivity contribution in [1.29, 1.82) is 0 Å². The van der Waals surface area contributed by atoms with Crippen molar-refractivity contribution >= 4 is 29.4 Å². The molecule has 0 fully saturated rings. The van der Waals surface area contributed by atoms with Crippen LogP contribution in [0.4, 0.5) is 4.79 Å². The molecule has 1 aromatic rings. The molecule has 0 spiro atoms. The Bertz CT molecular complexity index is 312. The second-order valence-electron chi connectivity index (χ2n) is 1.94. The first-order valence-corrected chi connectivity index (χ1v) is 3.71. The van der Waals surface area contributed by atoms with Crippen molar-refractivity contribution in [2.45, 2.75) is 0 Å². The number of hydrogen-bond donors (Lipinski definition) is 1. The van der Waals surface area contributed by atoms with Gasteiger partial charge in [-0.1, -0.05) is 23.2 Å². The van der Waals surface area contributed by atoms with Gasteiger partial charge in [-0.05, 0) is 12.1 Å². The van der Waals surface area contributed by atoms with Gasteiger partial charge in [0.25, 0.3) is 0 Å². The minimum absolute atomic E-state index is 0.150. The molecule has 0 amide bonds. The lowest BCUT2D eigenvalue weighted by atomic mass is 10.3. The molecular formula is C7H4Cl2O3. The average Bonchev–Trinajstić information content (AvgIpc) is 1.96.